The van der Waals surface area contributed by atoms with Crippen LogP contribution >= 0.6 is 15.9 Å². The van der Waals surface area contributed by atoms with Crippen LogP contribution in [-0.4, -0.2) is 24.5 Å². The molecule has 1 saturated carbocycles. The van der Waals surface area contributed by atoms with Gasteiger partial charge in [-0.2, -0.15) is 5.26 Å². The van der Waals surface area contributed by atoms with Crippen LogP contribution in [-0.2, 0) is 4.79 Å². The highest BCUT2D eigenvalue weighted by atomic mass is 79.9. The Hall–Kier alpha value is -1.54. The molecule has 2 aliphatic rings. The molecule has 1 aliphatic heterocycles. The Morgan fingerprint density at radius 3 is 2.85 bits per heavy atom. The van der Waals surface area contributed by atoms with E-state index in [0.29, 0.717) is 11.6 Å². The summed E-state index contributed by atoms with van der Waals surface area (Å²) >= 11 is 3.51. The molecule has 0 bridgehead atoms. The van der Waals surface area contributed by atoms with E-state index in [1.165, 1.54) is 0 Å². The van der Waals surface area contributed by atoms with Crippen molar-refractivity contribution in [2.45, 2.75) is 37.8 Å². The van der Waals surface area contributed by atoms with E-state index in [9.17, 15) is 4.79 Å². The molecule has 3 rings (SSSR count). The van der Waals surface area contributed by atoms with Gasteiger partial charge in [0, 0.05) is 17.1 Å². The third kappa shape index (κ3) is 2.66. The van der Waals surface area contributed by atoms with Gasteiger partial charge >= 0.3 is 0 Å². The molecule has 0 unspecified atom stereocenters. The van der Waals surface area contributed by atoms with Crippen LogP contribution in [0.5, 0.6) is 0 Å². The lowest BCUT2D eigenvalue weighted by molar-refractivity contribution is -0.122. The van der Waals surface area contributed by atoms with Crippen molar-refractivity contribution in [1.29, 1.82) is 5.26 Å². The van der Waals surface area contributed by atoms with Crippen LogP contribution in [0.2, 0.25) is 0 Å². The second-order valence-electron chi connectivity index (χ2n) is 5.41. The Balaban J connectivity index is 1.80. The highest BCUT2D eigenvalue weighted by molar-refractivity contribution is 9.10. The zero-order valence-electron chi connectivity index (χ0n) is 11.1. The molecule has 4 nitrogen and oxygen atoms in total. The molecule has 5 heteroatoms. The molecule has 2 fully saturated rings. The molecule has 1 amide bonds. The van der Waals surface area contributed by atoms with Crippen LogP contribution in [0, 0.1) is 11.3 Å². The lowest BCUT2D eigenvalue weighted by Gasteiger charge is -2.27. The van der Waals surface area contributed by atoms with Gasteiger partial charge in [-0.05, 0) is 59.8 Å². The van der Waals surface area contributed by atoms with E-state index < -0.39 is 0 Å². The Labute approximate surface area is 126 Å². The zero-order valence-corrected chi connectivity index (χ0v) is 12.7. The van der Waals surface area contributed by atoms with Crippen molar-refractivity contribution < 1.29 is 4.79 Å². The number of hydrogen-bond acceptors (Lipinski definition) is 3. The SMILES string of the molecule is N#Cc1ccc(N2CCC[C@@H]2C(=O)NC2CC2)c(Br)c1. The second-order valence-corrected chi connectivity index (χ2v) is 6.27. The van der Waals surface area contributed by atoms with Crippen molar-refractivity contribution in [2.75, 3.05) is 11.4 Å². The highest BCUT2D eigenvalue weighted by Gasteiger charge is 2.34. The number of benzene rings is 1. The van der Waals surface area contributed by atoms with E-state index in [2.05, 4.69) is 32.2 Å². The predicted octanol–water partition coefficient (Wildman–Crippen LogP) is 2.57. The fraction of sp³-hybridized carbons (Fsp3) is 0.467. The minimum atomic E-state index is -0.0835. The number of carbonyl (C=O) groups excluding carboxylic acids is 1. The van der Waals surface area contributed by atoms with Crippen molar-refractivity contribution in [2.24, 2.45) is 0 Å². The number of amides is 1. The van der Waals surface area contributed by atoms with E-state index in [0.717, 1.165) is 42.4 Å². The minimum Gasteiger partial charge on any atom is -0.359 e. The number of nitrogens with one attached hydrogen (secondary N) is 1. The molecular weight excluding hydrogens is 318 g/mol. The Morgan fingerprint density at radius 1 is 1.40 bits per heavy atom. The van der Waals surface area contributed by atoms with Crippen LogP contribution in [0.1, 0.15) is 31.2 Å². The van der Waals surface area contributed by atoms with Gasteiger partial charge in [0.2, 0.25) is 5.91 Å². The number of rotatable bonds is 3. The summed E-state index contributed by atoms with van der Waals surface area (Å²) < 4.78 is 0.877. The van der Waals surface area contributed by atoms with Gasteiger partial charge in [-0.1, -0.05) is 0 Å². The fourth-order valence-corrected chi connectivity index (χ4v) is 3.27. The maximum absolute atomic E-state index is 12.3. The van der Waals surface area contributed by atoms with Crippen LogP contribution < -0.4 is 10.2 Å². The number of nitrogens with zero attached hydrogens (tertiary/aromatic N) is 2. The fourth-order valence-electron chi connectivity index (χ4n) is 2.66. The van der Waals surface area contributed by atoms with Crippen molar-refractivity contribution in [1.82, 2.24) is 5.32 Å². The van der Waals surface area contributed by atoms with Gasteiger partial charge in [0.15, 0.2) is 0 Å². The van der Waals surface area contributed by atoms with E-state index in [1.54, 1.807) is 6.07 Å². The molecule has 1 aromatic carbocycles. The molecule has 0 aromatic heterocycles. The third-order valence-electron chi connectivity index (χ3n) is 3.87. The Morgan fingerprint density at radius 2 is 2.20 bits per heavy atom. The van der Waals surface area contributed by atoms with Gasteiger partial charge in [-0.15, -0.1) is 0 Å². The standard InChI is InChI=1S/C15H16BrN3O/c16-12-8-10(9-17)3-6-13(12)19-7-1-2-14(19)15(20)18-11-4-5-11/h3,6,8,11,14H,1-2,4-5,7H2,(H,18,20)/t14-/m1/s1. The summed E-state index contributed by atoms with van der Waals surface area (Å²) in [5.74, 6) is 0.140. The summed E-state index contributed by atoms with van der Waals surface area (Å²) in [6.45, 7) is 0.882. The molecule has 20 heavy (non-hydrogen) atoms. The van der Waals surface area contributed by atoms with Gasteiger partial charge < -0.3 is 10.2 Å². The van der Waals surface area contributed by atoms with Gasteiger partial charge in [-0.25, -0.2) is 0 Å². The summed E-state index contributed by atoms with van der Waals surface area (Å²) in [5, 5.41) is 12.0. The molecule has 1 atom stereocenters. The topological polar surface area (TPSA) is 56.1 Å². The summed E-state index contributed by atoms with van der Waals surface area (Å²) in [4.78, 5) is 14.4. The molecule has 1 aliphatic carbocycles. The highest BCUT2D eigenvalue weighted by Crippen LogP contribution is 2.33. The lowest BCUT2D eigenvalue weighted by Crippen LogP contribution is -2.44. The van der Waals surface area contributed by atoms with E-state index in [-0.39, 0.29) is 11.9 Å². The van der Waals surface area contributed by atoms with Crippen LogP contribution in [0.3, 0.4) is 0 Å². The first kappa shape index (κ1) is 13.4. The first-order valence-electron chi connectivity index (χ1n) is 6.95. The normalized spacial score (nSPS) is 21.6. The monoisotopic (exact) mass is 333 g/mol. The van der Waals surface area contributed by atoms with E-state index in [1.807, 2.05) is 12.1 Å². The summed E-state index contributed by atoms with van der Waals surface area (Å²) in [6, 6.07) is 7.97. The number of anilines is 1. The van der Waals surface area contributed by atoms with E-state index in [4.69, 9.17) is 5.26 Å². The van der Waals surface area contributed by atoms with Crippen molar-refractivity contribution >= 4 is 27.5 Å². The van der Waals surface area contributed by atoms with E-state index >= 15 is 0 Å². The minimum absolute atomic E-state index is 0.0835. The first-order valence-corrected chi connectivity index (χ1v) is 7.75. The van der Waals surface area contributed by atoms with Crippen molar-refractivity contribution in [3.8, 4) is 6.07 Å². The third-order valence-corrected chi connectivity index (χ3v) is 4.50. The van der Waals surface area contributed by atoms with Crippen molar-refractivity contribution in [3.63, 3.8) is 0 Å². The largest absolute Gasteiger partial charge is 0.359 e. The predicted molar refractivity (Wildman–Crippen MR) is 80.4 cm³/mol. The maximum atomic E-state index is 12.3. The summed E-state index contributed by atoms with van der Waals surface area (Å²) in [7, 11) is 0. The molecular formula is C15H16BrN3O. The second kappa shape index (κ2) is 5.45. The smallest absolute Gasteiger partial charge is 0.242 e. The molecule has 0 spiro atoms. The molecule has 0 radical (unpaired) electrons. The van der Waals surface area contributed by atoms with Gasteiger partial charge in [0.05, 0.1) is 17.3 Å². The number of carbonyl (C=O) groups is 1. The molecule has 1 N–H and O–H groups in total. The molecule has 1 aromatic rings. The van der Waals surface area contributed by atoms with Crippen LogP contribution in [0.25, 0.3) is 0 Å². The summed E-state index contributed by atoms with van der Waals surface area (Å²) in [5.41, 5.74) is 1.62. The van der Waals surface area contributed by atoms with Gasteiger partial charge in [0.1, 0.15) is 6.04 Å². The average molecular weight is 334 g/mol. The molecule has 1 saturated heterocycles. The number of halogens is 1. The molecule has 1 heterocycles. The Bertz CT molecular complexity index is 577. The Kier molecular flexibility index (Phi) is 3.66. The first-order chi connectivity index (χ1) is 9.69. The van der Waals surface area contributed by atoms with Crippen LogP contribution in [0.4, 0.5) is 5.69 Å². The average Bonchev–Trinajstić information content (AvgIpc) is 3.12. The van der Waals surface area contributed by atoms with Crippen molar-refractivity contribution in [3.05, 3.63) is 28.2 Å². The summed E-state index contributed by atoms with van der Waals surface area (Å²) in [6.07, 6.45) is 4.14. The van der Waals surface area contributed by atoms with Gasteiger partial charge in [0.25, 0.3) is 0 Å². The zero-order chi connectivity index (χ0) is 14.1. The quantitative estimate of drug-likeness (QED) is 0.924. The molecule has 104 valence electrons. The van der Waals surface area contributed by atoms with Crippen LogP contribution in [0.15, 0.2) is 22.7 Å². The number of hydrogen-bond donors (Lipinski definition) is 1. The maximum Gasteiger partial charge on any atom is 0.242 e. The lowest BCUT2D eigenvalue weighted by atomic mass is 10.1. The number of nitriles is 1. The van der Waals surface area contributed by atoms with Gasteiger partial charge in [-0.3, -0.25) is 4.79 Å².